The SMILES string of the molecule is c1ccc(-n2nc3ccccc3n2)c(Cc2ccccc2-n2nc3ccccc3n2)c1. The number of hydrogen-bond acceptors (Lipinski definition) is 4. The van der Waals surface area contributed by atoms with Gasteiger partial charge in [-0.15, -0.1) is 20.4 Å². The van der Waals surface area contributed by atoms with Gasteiger partial charge in [-0.3, -0.25) is 0 Å². The molecule has 0 aliphatic rings. The zero-order valence-corrected chi connectivity index (χ0v) is 16.6. The van der Waals surface area contributed by atoms with Crippen LogP contribution in [0.1, 0.15) is 11.1 Å². The minimum absolute atomic E-state index is 0.710. The van der Waals surface area contributed by atoms with Crippen molar-refractivity contribution in [1.29, 1.82) is 0 Å². The Morgan fingerprint density at radius 3 is 1.13 bits per heavy atom. The Morgan fingerprint density at radius 1 is 0.419 bits per heavy atom. The Bertz CT molecular complexity index is 1350. The summed E-state index contributed by atoms with van der Waals surface area (Å²) in [6.07, 6.45) is 0.710. The Morgan fingerprint density at radius 2 is 0.742 bits per heavy atom. The molecule has 6 heteroatoms. The summed E-state index contributed by atoms with van der Waals surface area (Å²) in [6.45, 7) is 0. The molecule has 0 aliphatic heterocycles. The molecule has 0 radical (unpaired) electrons. The van der Waals surface area contributed by atoms with Gasteiger partial charge in [0.1, 0.15) is 22.1 Å². The number of nitrogens with zero attached hydrogens (tertiary/aromatic N) is 6. The van der Waals surface area contributed by atoms with Crippen molar-refractivity contribution in [2.75, 3.05) is 0 Å². The van der Waals surface area contributed by atoms with Gasteiger partial charge < -0.3 is 0 Å². The van der Waals surface area contributed by atoms with Crippen molar-refractivity contribution < 1.29 is 0 Å². The van der Waals surface area contributed by atoms with Gasteiger partial charge in [0.05, 0.1) is 11.4 Å². The summed E-state index contributed by atoms with van der Waals surface area (Å²) in [6, 6.07) is 32.3. The maximum atomic E-state index is 4.67. The van der Waals surface area contributed by atoms with Gasteiger partial charge >= 0.3 is 0 Å². The van der Waals surface area contributed by atoms with E-state index >= 15 is 0 Å². The minimum Gasteiger partial charge on any atom is -0.150 e. The molecule has 0 unspecified atom stereocenters. The van der Waals surface area contributed by atoms with Gasteiger partial charge in [-0.25, -0.2) is 0 Å². The Balaban J connectivity index is 1.43. The summed E-state index contributed by atoms with van der Waals surface area (Å²) in [5, 5.41) is 18.7. The molecule has 2 heterocycles. The van der Waals surface area contributed by atoms with Crippen LogP contribution in [0.15, 0.2) is 97.1 Å². The maximum absolute atomic E-state index is 4.67. The van der Waals surface area contributed by atoms with Crippen LogP contribution in [0.2, 0.25) is 0 Å². The summed E-state index contributed by atoms with van der Waals surface area (Å²) in [5.74, 6) is 0. The monoisotopic (exact) mass is 402 g/mol. The Labute approximate surface area is 178 Å². The van der Waals surface area contributed by atoms with Crippen LogP contribution in [0.5, 0.6) is 0 Å². The highest BCUT2D eigenvalue weighted by atomic mass is 15.5. The molecule has 0 N–H and O–H groups in total. The fourth-order valence-electron chi connectivity index (χ4n) is 3.85. The largest absolute Gasteiger partial charge is 0.150 e. The Kier molecular flexibility index (Phi) is 4.06. The van der Waals surface area contributed by atoms with Crippen LogP contribution in [0, 0.1) is 0 Å². The summed E-state index contributed by atoms with van der Waals surface area (Å²) in [5.41, 5.74) is 7.71. The molecule has 148 valence electrons. The quantitative estimate of drug-likeness (QED) is 0.427. The number of fused-ring (bicyclic) bond motifs is 2. The molecular formula is C25H18N6. The Hall–Kier alpha value is -4.32. The van der Waals surface area contributed by atoms with Gasteiger partial charge in [-0.1, -0.05) is 60.7 Å². The van der Waals surface area contributed by atoms with E-state index in [1.807, 2.05) is 72.8 Å². The first kappa shape index (κ1) is 17.5. The molecule has 31 heavy (non-hydrogen) atoms. The first-order chi connectivity index (χ1) is 15.3. The van der Waals surface area contributed by atoms with Crippen molar-refractivity contribution in [3.05, 3.63) is 108 Å². The van der Waals surface area contributed by atoms with E-state index in [-0.39, 0.29) is 0 Å². The fraction of sp³-hybridized carbons (Fsp3) is 0.0400. The zero-order chi connectivity index (χ0) is 20.6. The van der Waals surface area contributed by atoms with Crippen molar-refractivity contribution in [3.63, 3.8) is 0 Å². The predicted molar refractivity (Wildman–Crippen MR) is 121 cm³/mol. The molecule has 0 saturated carbocycles. The van der Waals surface area contributed by atoms with Crippen molar-refractivity contribution in [2.45, 2.75) is 6.42 Å². The molecule has 6 rings (SSSR count). The van der Waals surface area contributed by atoms with E-state index in [2.05, 4.69) is 44.7 Å². The molecule has 6 aromatic rings. The van der Waals surface area contributed by atoms with Gasteiger partial charge in [0.15, 0.2) is 0 Å². The second-order valence-corrected chi connectivity index (χ2v) is 7.39. The van der Waals surface area contributed by atoms with Crippen molar-refractivity contribution in [3.8, 4) is 11.4 Å². The van der Waals surface area contributed by atoms with E-state index in [1.54, 1.807) is 9.59 Å². The van der Waals surface area contributed by atoms with E-state index in [4.69, 9.17) is 0 Å². The minimum atomic E-state index is 0.710. The highest BCUT2D eigenvalue weighted by Crippen LogP contribution is 2.23. The van der Waals surface area contributed by atoms with Crippen molar-refractivity contribution >= 4 is 22.1 Å². The number of rotatable bonds is 4. The van der Waals surface area contributed by atoms with Crippen LogP contribution >= 0.6 is 0 Å². The maximum Gasteiger partial charge on any atom is 0.113 e. The molecule has 0 spiro atoms. The van der Waals surface area contributed by atoms with E-state index in [9.17, 15) is 0 Å². The molecule has 0 saturated heterocycles. The van der Waals surface area contributed by atoms with Crippen LogP contribution in [-0.4, -0.2) is 30.0 Å². The number of hydrogen-bond donors (Lipinski definition) is 0. The second kappa shape index (κ2) is 7.18. The molecule has 6 nitrogen and oxygen atoms in total. The third-order valence-electron chi connectivity index (χ3n) is 5.37. The van der Waals surface area contributed by atoms with Crippen LogP contribution in [0.25, 0.3) is 33.4 Å². The first-order valence-corrected chi connectivity index (χ1v) is 10.2. The van der Waals surface area contributed by atoms with Gasteiger partial charge in [-0.2, -0.15) is 9.59 Å². The molecule has 0 atom stereocenters. The highest BCUT2D eigenvalue weighted by molar-refractivity contribution is 5.74. The van der Waals surface area contributed by atoms with Crippen molar-refractivity contribution in [1.82, 2.24) is 30.0 Å². The second-order valence-electron chi connectivity index (χ2n) is 7.39. The number of aromatic nitrogens is 6. The van der Waals surface area contributed by atoms with E-state index in [0.717, 1.165) is 44.6 Å². The lowest BCUT2D eigenvalue weighted by atomic mass is 10.0. The lowest BCUT2D eigenvalue weighted by Crippen LogP contribution is -2.07. The van der Waals surface area contributed by atoms with E-state index in [0.29, 0.717) is 6.42 Å². The van der Waals surface area contributed by atoms with Gasteiger partial charge in [-0.05, 0) is 47.5 Å². The lowest BCUT2D eigenvalue weighted by Gasteiger charge is -2.11. The van der Waals surface area contributed by atoms with Crippen molar-refractivity contribution in [2.24, 2.45) is 0 Å². The summed E-state index contributed by atoms with van der Waals surface area (Å²) in [4.78, 5) is 3.45. The topological polar surface area (TPSA) is 61.4 Å². The van der Waals surface area contributed by atoms with Gasteiger partial charge in [0.2, 0.25) is 0 Å². The molecule has 0 aliphatic carbocycles. The van der Waals surface area contributed by atoms with Crippen LogP contribution in [-0.2, 0) is 6.42 Å². The fourth-order valence-corrected chi connectivity index (χ4v) is 3.85. The van der Waals surface area contributed by atoms with Crippen LogP contribution < -0.4 is 0 Å². The third-order valence-corrected chi connectivity index (χ3v) is 5.37. The van der Waals surface area contributed by atoms with E-state index < -0.39 is 0 Å². The molecule has 0 bridgehead atoms. The molecule has 2 aromatic heterocycles. The average molecular weight is 402 g/mol. The number of para-hydroxylation sites is 2. The lowest BCUT2D eigenvalue weighted by molar-refractivity contribution is 0.748. The standard InChI is InChI=1S/C25H18N6/c1-7-15-24(30-26-20-11-3-4-12-21(20)27-30)18(9-1)17-19-10-2-8-16-25(19)31-28-22-13-5-6-14-23(22)29-31/h1-16H,17H2. The molecule has 0 fully saturated rings. The van der Waals surface area contributed by atoms with E-state index in [1.165, 1.54) is 0 Å². The summed E-state index contributed by atoms with van der Waals surface area (Å²) >= 11 is 0. The predicted octanol–water partition coefficient (Wildman–Crippen LogP) is 4.75. The first-order valence-electron chi connectivity index (χ1n) is 10.2. The van der Waals surface area contributed by atoms with Gasteiger partial charge in [0.25, 0.3) is 0 Å². The van der Waals surface area contributed by atoms with Gasteiger partial charge in [0, 0.05) is 6.42 Å². The molecular weight excluding hydrogens is 384 g/mol. The van der Waals surface area contributed by atoms with Crippen LogP contribution in [0.3, 0.4) is 0 Å². The zero-order valence-electron chi connectivity index (χ0n) is 16.6. The smallest absolute Gasteiger partial charge is 0.113 e. The number of benzene rings is 4. The average Bonchev–Trinajstić information content (AvgIpc) is 3.44. The van der Waals surface area contributed by atoms with Crippen LogP contribution in [0.4, 0.5) is 0 Å². The summed E-state index contributed by atoms with van der Waals surface area (Å²) in [7, 11) is 0. The summed E-state index contributed by atoms with van der Waals surface area (Å²) < 4.78 is 0. The third kappa shape index (κ3) is 3.14. The molecule has 0 amide bonds. The highest BCUT2D eigenvalue weighted by Gasteiger charge is 2.13. The molecule has 4 aromatic carbocycles. The normalized spacial score (nSPS) is 11.4.